The quantitative estimate of drug-likeness (QED) is 0.730. The SMILES string of the molecule is CCNc1cc(N/C=c2/s/c(=C(/C#N)C3=N[C@H]4CCC[C@H]4O3)n(CC)c2=O)ccn1. The zero-order valence-electron chi connectivity index (χ0n) is 17.0. The Hall–Kier alpha value is -3.12. The van der Waals surface area contributed by atoms with Crippen molar-refractivity contribution in [3.05, 3.63) is 37.9 Å². The van der Waals surface area contributed by atoms with Crippen LogP contribution in [0.25, 0.3) is 11.8 Å². The number of nitriles is 1. The molecule has 0 unspecified atom stereocenters. The second-order valence-electron chi connectivity index (χ2n) is 7.15. The van der Waals surface area contributed by atoms with Gasteiger partial charge in [-0.15, -0.1) is 11.3 Å². The Morgan fingerprint density at radius 2 is 2.33 bits per heavy atom. The largest absolute Gasteiger partial charge is 0.471 e. The third-order valence-electron chi connectivity index (χ3n) is 5.22. The van der Waals surface area contributed by atoms with Crippen LogP contribution in [0.1, 0.15) is 33.1 Å². The number of nitrogens with one attached hydrogen (secondary N) is 2. The van der Waals surface area contributed by atoms with Gasteiger partial charge in [0.25, 0.3) is 5.56 Å². The summed E-state index contributed by atoms with van der Waals surface area (Å²) >= 11 is 1.27. The van der Waals surface area contributed by atoms with Crippen molar-refractivity contribution in [2.24, 2.45) is 4.99 Å². The molecular weight excluding hydrogens is 400 g/mol. The molecule has 2 aliphatic rings. The van der Waals surface area contributed by atoms with Gasteiger partial charge in [0.2, 0.25) is 5.90 Å². The van der Waals surface area contributed by atoms with Gasteiger partial charge in [-0.05, 0) is 39.2 Å². The molecule has 0 radical (unpaired) electrons. The van der Waals surface area contributed by atoms with Gasteiger partial charge in [0.1, 0.15) is 32.8 Å². The van der Waals surface area contributed by atoms with Gasteiger partial charge in [0.05, 0.1) is 6.04 Å². The Bertz CT molecular complexity index is 1190. The molecule has 1 aliphatic carbocycles. The van der Waals surface area contributed by atoms with Crippen molar-refractivity contribution in [3.63, 3.8) is 0 Å². The second kappa shape index (κ2) is 8.71. The van der Waals surface area contributed by atoms with Crippen molar-refractivity contribution in [2.45, 2.75) is 51.8 Å². The zero-order chi connectivity index (χ0) is 21.1. The topological polar surface area (TPSA) is 104 Å². The van der Waals surface area contributed by atoms with E-state index in [1.54, 1.807) is 17.0 Å². The molecule has 0 bridgehead atoms. The fourth-order valence-corrected chi connectivity index (χ4v) is 4.85. The predicted octanol–water partition coefficient (Wildman–Crippen LogP) is 1.63. The van der Waals surface area contributed by atoms with E-state index in [1.807, 2.05) is 26.0 Å². The lowest BCUT2D eigenvalue weighted by atomic mass is 10.2. The van der Waals surface area contributed by atoms with Crippen LogP contribution in [0, 0.1) is 11.3 Å². The minimum absolute atomic E-state index is 0.0652. The standard InChI is InChI=1S/C21H24N6O2S/c1-3-23-18-10-13(8-9-24-18)25-12-17-20(28)27(4-2)21(30-17)14(11-22)19-26-15-6-5-7-16(15)29-19/h8-10,12,15-16H,3-7H2,1-2H3,(H2,23,24,25)/b17-12+,21-14-/t15-,16+/m0/s1. The fraction of sp³-hybridized carbons (Fsp3) is 0.429. The van der Waals surface area contributed by atoms with Crippen molar-refractivity contribution in [3.8, 4) is 6.07 Å². The van der Waals surface area contributed by atoms with E-state index in [1.165, 1.54) is 11.3 Å². The van der Waals surface area contributed by atoms with Crippen molar-refractivity contribution < 1.29 is 4.74 Å². The Kier molecular flexibility index (Phi) is 5.86. The molecule has 1 fully saturated rings. The maximum atomic E-state index is 12.9. The molecule has 2 N–H and O–H groups in total. The molecule has 0 amide bonds. The molecule has 156 valence electrons. The smallest absolute Gasteiger partial charge is 0.270 e. The van der Waals surface area contributed by atoms with Gasteiger partial charge in [-0.3, -0.25) is 9.36 Å². The lowest BCUT2D eigenvalue weighted by Gasteiger charge is -2.07. The monoisotopic (exact) mass is 424 g/mol. The van der Waals surface area contributed by atoms with Crippen molar-refractivity contribution >= 4 is 40.5 Å². The second-order valence-corrected chi connectivity index (χ2v) is 8.18. The number of pyridine rings is 1. The summed E-state index contributed by atoms with van der Waals surface area (Å²) in [6.07, 6.45) is 6.49. The number of nitrogens with zero attached hydrogens (tertiary/aromatic N) is 4. The summed E-state index contributed by atoms with van der Waals surface area (Å²) in [6.45, 7) is 5.13. The van der Waals surface area contributed by atoms with Crippen LogP contribution in [-0.2, 0) is 11.3 Å². The predicted molar refractivity (Wildman–Crippen MR) is 119 cm³/mol. The summed E-state index contributed by atoms with van der Waals surface area (Å²) in [4.78, 5) is 21.8. The van der Waals surface area contributed by atoms with Crippen LogP contribution >= 0.6 is 11.3 Å². The number of thiazole rings is 1. The Labute approximate surface area is 178 Å². The highest BCUT2D eigenvalue weighted by atomic mass is 32.1. The average molecular weight is 425 g/mol. The maximum Gasteiger partial charge on any atom is 0.270 e. The van der Waals surface area contributed by atoms with E-state index < -0.39 is 0 Å². The van der Waals surface area contributed by atoms with Crippen LogP contribution < -0.4 is 25.4 Å². The van der Waals surface area contributed by atoms with Crippen molar-refractivity contribution in [1.82, 2.24) is 9.55 Å². The van der Waals surface area contributed by atoms with Crippen LogP contribution in [0.3, 0.4) is 0 Å². The first-order chi connectivity index (χ1) is 14.6. The molecule has 3 heterocycles. The minimum Gasteiger partial charge on any atom is -0.471 e. The molecule has 4 rings (SSSR count). The average Bonchev–Trinajstić information content (AvgIpc) is 3.42. The Morgan fingerprint density at radius 3 is 3.07 bits per heavy atom. The first-order valence-corrected chi connectivity index (χ1v) is 11.0. The van der Waals surface area contributed by atoms with E-state index in [2.05, 4.69) is 26.7 Å². The summed E-state index contributed by atoms with van der Waals surface area (Å²) in [7, 11) is 0. The molecule has 2 aromatic heterocycles. The van der Waals surface area contributed by atoms with Crippen LogP contribution in [0.2, 0.25) is 0 Å². The van der Waals surface area contributed by atoms with Gasteiger partial charge in [-0.1, -0.05) is 0 Å². The summed E-state index contributed by atoms with van der Waals surface area (Å²) in [5.74, 6) is 1.13. The molecular formula is C21H24N6O2S. The van der Waals surface area contributed by atoms with E-state index in [0.717, 1.165) is 37.3 Å². The molecule has 1 saturated carbocycles. The number of hydrogen-bond acceptors (Lipinski definition) is 8. The number of aromatic nitrogens is 2. The highest BCUT2D eigenvalue weighted by molar-refractivity contribution is 7.07. The molecule has 9 heteroatoms. The van der Waals surface area contributed by atoms with Crippen LogP contribution in [0.5, 0.6) is 0 Å². The zero-order valence-corrected chi connectivity index (χ0v) is 17.8. The lowest BCUT2D eigenvalue weighted by molar-refractivity contribution is 0.213. The first-order valence-electron chi connectivity index (χ1n) is 10.2. The number of rotatable bonds is 6. The third-order valence-corrected chi connectivity index (χ3v) is 6.35. The number of anilines is 2. The fourth-order valence-electron chi connectivity index (χ4n) is 3.77. The molecule has 2 atom stereocenters. The van der Waals surface area contributed by atoms with Crippen molar-refractivity contribution in [1.29, 1.82) is 5.26 Å². The molecule has 0 spiro atoms. The molecule has 1 aliphatic heterocycles. The number of hydrogen-bond donors (Lipinski definition) is 2. The number of fused-ring (bicyclic) bond motifs is 1. The van der Waals surface area contributed by atoms with Gasteiger partial charge in [0.15, 0.2) is 0 Å². The molecule has 0 aromatic carbocycles. The summed E-state index contributed by atoms with van der Waals surface area (Å²) < 4.78 is 8.65. The third kappa shape index (κ3) is 3.83. The Balaban J connectivity index is 1.73. The van der Waals surface area contributed by atoms with E-state index >= 15 is 0 Å². The minimum atomic E-state index is -0.141. The van der Waals surface area contributed by atoms with E-state index in [-0.39, 0.29) is 17.7 Å². The number of aliphatic imine (C=N–C) groups is 1. The summed E-state index contributed by atoms with van der Waals surface area (Å²) in [5.41, 5.74) is 1.02. The van der Waals surface area contributed by atoms with Gasteiger partial charge in [0, 0.05) is 37.2 Å². The van der Waals surface area contributed by atoms with E-state index in [4.69, 9.17) is 4.74 Å². The van der Waals surface area contributed by atoms with Crippen LogP contribution in [0.15, 0.2) is 28.1 Å². The van der Waals surface area contributed by atoms with Crippen LogP contribution in [0.4, 0.5) is 11.5 Å². The van der Waals surface area contributed by atoms with Crippen LogP contribution in [-0.4, -0.2) is 34.1 Å². The van der Waals surface area contributed by atoms with Gasteiger partial charge < -0.3 is 15.4 Å². The van der Waals surface area contributed by atoms with Gasteiger partial charge >= 0.3 is 0 Å². The lowest BCUT2D eigenvalue weighted by Crippen LogP contribution is -2.32. The molecule has 8 nitrogen and oxygen atoms in total. The van der Waals surface area contributed by atoms with Crippen molar-refractivity contribution in [2.75, 3.05) is 17.2 Å². The molecule has 30 heavy (non-hydrogen) atoms. The Morgan fingerprint density at radius 1 is 1.47 bits per heavy atom. The van der Waals surface area contributed by atoms with Gasteiger partial charge in [-0.2, -0.15) is 5.26 Å². The molecule has 2 aromatic rings. The van der Waals surface area contributed by atoms with E-state index in [0.29, 0.717) is 27.2 Å². The number of ether oxygens (including phenoxy) is 1. The highest BCUT2D eigenvalue weighted by Crippen LogP contribution is 2.31. The first kappa shape index (κ1) is 20.2. The summed E-state index contributed by atoms with van der Waals surface area (Å²) in [5, 5.41) is 16.1. The van der Waals surface area contributed by atoms with Gasteiger partial charge in [-0.25, -0.2) is 9.98 Å². The summed E-state index contributed by atoms with van der Waals surface area (Å²) in [6, 6.07) is 6.06. The highest BCUT2D eigenvalue weighted by Gasteiger charge is 2.36. The molecule has 0 saturated heterocycles. The maximum absolute atomic E-state index is 12.9. The normalized spacial score (nSPS) is 21.5. The van der Waals surface area contributed by atoms with E-state index in [9.17, 15) is 10.1 Å².